The second kappa shape index (κ2) is 10.6. The Balaban J connectivity index is 1.17. The predicted molar refractivity (Wildman–Crippen MR) is 139 cm³/mol. The number of nitrogens with zero attached hydrogens (tertiary/aromatic N) is 2. The van der Waals surface area contributed by atoms with Gasteiger partial charge in [0.25, 0.3) is 0 Å². The number of nitrogens with one attached hydrogen (secondary N) is 2. The van der Waals surface area contributed by atoms with Crippen molar-refractivity contribution < 1.29 is 19.1 Å². The van der Waals surface area contributed by atoms with E-state index in [1.54, 1.807) is 7.05 Å². The molecule has 5 rings (SSSR count). The molecule has 1 aromatic heterocycles. The van der Waals surface area contributed by atoms with Crippen molar-refractivity contribution >= 4 is 34.5 Å². The first-order valence-corrected chi connectivity index (χ1v) is 12.9. The molecule has 2 heterocycles. The third kappa shape index (κ3) is 5.30. The molecule has 1 atom stereocenters. The molecular formula is C28H32N4O5. The standard InChI is InChI=1S/C28H32N4O5/c1-31-24-15-21(11-12-22(24)32(28(31)36)23-13-14-25(33)30-26(23)34)29-16-18-7-9-20(10-8-18)27(35)37-17-19-5-3-2-4-6-19/h2-6,11-12,15,18,20,23,29H,7-10,13-14,16-17H2,1H3,(H,30,33,34)/t18-,20-,23?. The van der Waals surface area contributed by atoms with E-state index in [4.69, 9.17) is 4.74 Å². The van der Waals surface area contributed by atoms with Crippen LogP contribution in [0, 0.1) is 11.8 Å². The summed E-state index contributed by atoms with van der Waals surface area (Å²) < 4.78 is 8.55. The van der Waals surface area contributed by atoms with Crippen molar-refractivity contribution in [3.8, 4) is 0 Å². The Morgan fingerprint density at radius 1 is 1.00 bits per heavy atom. The zero-order valence-corrected chi connectivity index (χ0v) is 20.9. The number of aryl methyl sites for hydroxylation is 1. The van der Waals surface area contributed by atoms with Gasteiger partial charge in [0.05, 0.1) is 17.0 Å². The Labute approximate surface area is 214 Å². The molecule has 1 aliphatic heterocycles. The topological polar surface area (TPSA) is 111 Å². The van der Waals surface area contributed by atoms with Crippen LogP contribution in [0.5, 0.6) is 0 Å². The molecule has 1 aliphatic carbocycles. The van der Waals surface area contributed by atoms with E-state index in [-0.39, 0.29) is 29.9 Å². The minimum absolute atomic E-state index is 0.0436. The van der Waals surface area contributed by atoms with Gasteiger partial charge < -0.3 is 10.1 Å². The van der Waals surface area contributed by atoms with E-state index in [1.165, 1.54) is 9.13 Å². The summed E-state index contributed by atoms with van der Waals surface area (Å²) in [6.07, 6.45) is 4.07. The van der Waals surface area contributed by atoms with E-state index in [1.807, 2.05) is 48.5 Å². The first-order valence-electron chi connectivity index (χ1n) is 12.9. The third-order valence-electron chi connectivity index (χ3n) is 7.61. The van der Waals surface area contributed by atoms with Crippen LogP contribution in [0.15, 0.2) is 53.3 Å². The second-order valence-corrected chi connectivity index (χ2v) is 10.1. The summed E-state index contributed by atoms with van der Waals surface area (Å²) in [7, 11) is 1.69. The van der Waals surface area contributed by atoms with Crippen LogP contribution in [0.4, 0.5) is 5.69 Å². The van der Waals surface area contributed by atoms with Gasteiger partial charge in [0.15, 0.2) is 0 Å². The van der Waals surface area contributed by atoms with Crippen LogP contribution in [-0.2, 0) is 32.8 Å². The summed E-state index contributed by atoms with van der Waals surface area (Å²) in [5.74, 6) is -0.447. The van der Waals surface area contributed by atoms with E-state index in [2.05, 4.69) is 10.6 Å². The highest BCUT2D eigenvalue weighted by Gasteiger charge is 2.31. The molecule has 2 N–H and O–H groups in total. The largest absolute Gasteiger partial charge is 0.461 e. The molecule has 2 fully saturated rings. The summed E-state index contributed by atoms with van der Waals surface area (Å²) >= 11 is 0. The van der Waals surface area contributed by atoms with Crippen LogP contribution in [-0.4, -0.2) is 33.5 Å². The summed E-state index contributed by atoms with van der Waals surface area (Å²) in [4.78, 5) is 49.3. The number of piperidine rings is 1. The lowest BCUT2D eigenvalue weighted by Gasteiger charge is -2.27. The number of imidazole rings is 1. The average molecular weight is 505 g/mol. The number of carbonyl (C=O) groups is 3. The number of rotatable bonds is 7. The van der Waals surface area contributed by atoms with Crippen LogP contribution in [0.3, 0.4) is 0 Å². The minimum atomic E-state index is -0.692. The van der Waals surface area contributed by atoms with Crippen molar-refractivity contribution in [2.24, 2.45) is 18.9 Å². The number of benzene rings is 2. The summed E-state index contributed by atoms with van der Waals surface area (Å²) in [5, 5.41) is 5.82. The van der Waals surface area contributed by atoms with Gasteiger partial charge in [-0.15, -0.1) is 0 Å². The van der Waals surface area contributed by atoms with Gasteiger partial charge in [-0.3, -0.25) is 28.8 Å². The monoisotopic (exact) mass is 504 g/mol. The normalized spacial score (nSPS) is 22.0. The Kier molecular flexibility index (Phi) is 7.12. The number of esters is 1. The maximum Gasteiger partial charge on any atom is 0.329 e. The van der Waals surface area contributed by atoms with Gasteiger partial charge in [0, 0.05) is 25.7 Å². The molecular weight excluding hydrogens is 472 g/mol. The third-order valence-corrected chi connectivity index (χ3v) is 7.61. The zero-order chi connectivity index (χ0) is 25.9. The van der Waals surface area contributed by atoms with Gasteiger partial charge in [0.2, 0.25) is 11.8 Å². The van der Waals surface area contributed by atoms with Crippen molar-refractivity contribution in [2.75, 3.05) is 11.9 Å². The molecule has 0 radical (unpaired) electrons. The molecule has 2 aliphatic rings. The lowest BCUT2D eigenvalue weighted by Crippen LogP contribution is -2.44. The Morgan fingerprint density at radius 3 is 2.49 bits per heavy atom. The molecule has 9 nitrogen and oxygen atoms in total. The van der Waals surface area contributed by atoms with Crippen LogP contribution in [0.25, 0.3) is 11.0 Å². The summed E-state index contributed by atoms with van der Waals surface area (Å²) in [6, 6.07) is 14.7. The Hall–Kier alpha value is -3.88. The molecule has 1 saturated carbocycles. The van der Waals surface area contributed by atoms with Crippen LogP contribution >= 0.6 is 0 Å². The first-order chi connectivity index (χ1) is 17.9. The molecule has 2 amide bonds. The molecule has 2 aromatic carbocycles. The summed E-state index contributed by atoms with van der Waals surface area (Å²) in [6.45, 7) is 1.09. The van der Waals surface area contributed by atoms with E-state index >= 15 is 0 Å². The van der Waals surface area contributed by atoms with Crippen molar-refractivity contribution in [3.05, 3.63) is 64.6 Å². The number of hydrogen-bond donors (Lipinski definition) is 2. The van der Waals surface area contributed by atoms with Crippen molar-refractivity contribution in [2.45, 2.75) is 51.2 Å². The van der Waals surface area contributed by atoms with Crippen molar-refractivity contribution in [1.82, 2.24) is 14.5 Å². The SMILES string of the molecule is Cn1c(=O)n(C2CCC(=O)NC2=O)c2ccc(NC[C@H]3CC[C@H](C(=O)OCc4ccccc4)CC3)cc21. The molecule has 3 aromatic rings. The molecule has 9 heteroatoms. The van der Waals surface area contributed by atoms with Gasteiger partial charge >= 0.3 is 11.7 Å². The fraction of sp³-hybridized carbons (Fsp3) is 0.429. The first kappa shape index (κ1) is 24.8. The van der Waals surface area contributed by atoms with E-state index in [9.17, 15) is 19.2 Å². The zero-order valence-electron chi connectivity index (χ0n) is 20.9. The van der Waals surface area contributed by atoms with Crippen molar-refractivity contribution in [3.63, 3.8) is 0 Å². The Bertz CT molecular complexity index is 1370. The van der Waals surface area contributed by atoms with Gasteiger partial charge in [-0.1, -0.05) is 30.3 Å². The van der Waals surface area contributed by atoms with E-state index < -0.39 is 11.9 Å². The molecule has 0 bridgehead atoms. The van der Waals surface area contributed by atoms with Crippen LogP contribution in [0.2, 0.25) is 0 Å². The highest BCUT2D eigenvalue weighted by molar-refractivity contribution is 6.00. The summed E-state index contributed by atoms with van der Waals surface area (Å²) in [5.41, 5.74) is 3.01. The molecule has 37 heavy (non-hydrogen) atoms. The minimum Gasteiger partial charge on any atom is -0.461 e. The molecule has 0 spiro atoms. The maximum atomic E-state index is 12.9. The number of hydrogen-bond acceptors (Lipinski definition) is 6. The lowest BCUT2D eigenvalue weighted by molar-refractivity contribution is -0.151. The second-order valence-electron chi connectivity index (χ2n) is 10.1. The number of amides is 2. The lowest BCUT2D eigenvalue weighted by atomic mass is 9.82. The smallest absolute Gasteiger partial charge is 0.329 e. The van der Waals surface area contributed by atoms with Gasteiger partial charge in [-0.25, -0.2) is 4.79 Å². The van der Waals surface area contributed by atoms with E-state index in [0.29, 0.717) is 24.5 Å². The number of ether oxygens (including phenoxy) is 1. The fourth-order valence-corrected chi connectivity index (χ4v) is 5.41. The van der Waals surface area contributed by atoms with Crippen LogP contribution in [0.1, 0.15) is 50.1 Å². The van der Waals surface area contributed by atoms with Gasteiger partial charge in [-0.05, 0) is 61.8 Å². The number of anilines is 1. The number of carbonyl (C=O) groups excluding carboxylic acids is 3. The number of aromatic nitrogens is 2. The number of imide groups is 1. The van der Waals surface area contributed by atoms with Gasteiger partial charge in [0.1, 0.15) is 12.6 Å². The molecule has 1 saturated heterocycles. The predicted octanol–water partition coefficient (Wildman–Crippen LogP) is 3.28. The van der Waals surface area contributed by atoms with E-state index in [0.717, 1.165) is 49.0 Å². The van der Waals surface area contributed by atoms with Gasteiger partial charge in [-0.2, -0.15) is 0 Å². The molecule has 1 unspecified atom stereocenters. The quantitative estimate of drug-likeness (QED) is 0.377. The highest BCUT2D eigenvalue weighted by atomic mass is 16.5. The van der Waals surface area contributed by atoms with Crippen LogP contribution < -0.4 is 16.3 Å². The fourth-order valence-electron chi connectivity index (χ4n) is 5.41. The van der Waals surface area contributed by atoms with Crippen molar-refractivity contribution in [1.29, 1.82) is 0 Å². The molecule has 194 valence electrons. The highest BCUT2D eigenvalue weighted by Crippen LogP contribution is 2.31. The average Bonchev–Trinajstić information content (AvgIpc) is 3.16. The number of fused-ring (bicyclic) bond motifs is 1. The maximum absolute atomic E-state index is 12.9. The Morgan fingerprint density at radius 2 is 1.76 bits per heavy atom.